The van der Waals surface area contributed by atoms with Crippen LogP contribution in [-0.4, -0.2) is 70.1 Å². The van der Waals surface area contributed by atoms with Gasteiger partial charge in [-0.3, -0.25) is 9.59 Å². The average Bonchev–Trinajstić information content (AvgIpc) is 3.66. The van der Waals surface area contributed by atoms with Crippen LogP contribution in [0.1, 0.15) is 99.4 Å². The topological polar surface area (TPSA) is 72.9 Å². The van der Waals surface area contributed by atoms with Crippen LogP contribution in [0.5, 0.6) is 0 Å². The Morgan fingerprint density at radius 1 is 0.889 bits per heavy atom. The van der Waals surface area contributed by atoms with E-state index in [1.165, 1.54) is 56.9 Å². The van der Waals surface area contributed by atoms with Gasteiger partial charge in [-0.2, -0.15) is 0 Å². The number of rotatable bonds is 3. The highest BCUT2D eigenvalue weighted by Gasteiger charge is 2.50. The van der Waals surface area contributed by atoms with Gasteiger partial charge < -0.3 is 20.2 Å². The molecule has 2 aliphatic carbocycles. The third-order valence-corrected chi connectivity index (χ3v) is 9.02. The molecule has 2 amide bonds. The summed E-state index contributed by atoms with van der Waals surface area (Å²) in [6.45, 7) is 4.34. The van der Waals surface area contributed by atoms with E-state index in [4.69, 9.17) is 0 Å². The van der Waals surface area contributed by atoms with E-state index in [0.29, 0.717) is 51.0 Å². The van der Waals surface area contributed by atoms with Crippen LogP contribution in [0.4, 0.5) is 0 Å². The number of piperidine rings is 1. The maximum absolute atomic E-state index is 13.2. The van der Waals surface area contributed by atoms with Crippen LogP contribution in [-0.2, 0) is 4.79 Å². The molecule has 1 aromatic carbocycles. The molecule has 1 aromatic rings. The normalized spacial score (nSPS) is 31.6. The molecule has 2 aliphatic heterocycles. The Bertz CT molecular complexity index is 962. The Kier molecular flexibility index (Phi) is 7.55. The minimum Gasteiger partial charge on any atom is -0.380 e. The minimum atomic E-state index is -1.13. The SMILES string of the molecule is CC1CCC(c2ccc(C(=O)N3CCN(C(=O)C4(O)CC4)CC3)cc2)C2(C/C=C\CCCCCC2)N1. The zero-order valence-corrected chi connectivity index (χ0v) is 21.9. The fourth-order valence-corrected chi connectivity index (χ4v) is 6.64. The summed E-state index contributed by atoms with van der Waals surface area (Å²) in [7, 11) is 0. The molecule has 2 heterocycles. The van der Waals surface area contributed by atoms with Crippen LogP contribution in [0.3, 0.4) is 0 Å². The number of nitrogens with zero attached hydrogens (tertiary/aromatic N) is 2. The number of benzene rings is 1. The Morgan fingerprint density at radius 3 is 2.31 bits per heavy atom. The fraction of sp³-hybridized carbons (Fsp3) is 0.667. The summed E-state index contributed by atoms with van der Waals surface area (Å²) in [4.78, 5) is 29.2. The van der Waals surface area contributed by atoms with E-state index < -0.39 is 5.60 Å². The van der Waals surface area contributed by atoms with Gasteiger partial charge in [0.25, 0.3) is 11.8 Å². The van der Waals surface area contributed by atoms with E-state index in [2.05, 4.69) is 36.5 Å². The van der Waals surface area contributed by atoms with E-state index in [1.807, 2.05) is 17.0 Å². The minimum absolute atomic E-state index is 0.0329. The quantitative estimate of drug-likeness (QED) is 0.613. The number of piperazine rings is 1. The Hall–Kier alpha value is -2.18. The van der Waals surface area contributed by atoms with Gasteiger partial charge in [0.2, 0.25) is 0 Å². The molecule has 4 aliphatic rings. The first-order chi connectivity index (χ1) is 17.4. The van der Waals surface area contributed by atoms with Crippen LogP contribution < -0.4 is 5.32 Å². The smallest absolute Gasteiger partial charge is 0.254 e. The number of allylic oxidation sites excluding steroid dienone is 1. The molecule has 0 aromatic heterocycles. The number of hydrogen-bond donors (Lipinski definition) is 2. The van der Waals surface area contributed by atoms with E-state index >= 15 is 0 Å². The van der Waals surface area contributed by atoms with Crippen molar-refractivity contribution in [2.24, 2.45) is 0 Å². The molecule has 3 atom stereocenters. The van der Waals surface area contributed by atoms with Crippen molar-refractivity contribution in [3.8, 4) is 0 Å². The highest BCUT2D eigenvalue weighted by atomic mass is 16.3. The van der Waals surface area contributed by atoms with Gasteiger partial charge in [-0.25, -0.2) is 0 Å². The van der Waals surface area contributed by atoms with Gasteiger partial charge in [0.05, 0.1) is 0 Å². The van der Waals surface area contributed by atoms with Gasteiger partial charge in [0.15, 0.2) is 0 Å². The Morgan fingerprint density at radius 2 is 1.58 bits per heavy atom. The summed E-state index contributed by atoms with van der Waals surface area (Å²) < 4.78 is 0. The van der Waals surface area contributed by atoms with E-state index in [9.17, 15) is 14.7 Å². The predicted octanol–water partition coefficient (Wildman–Crippen LogP) is 4.39. The summed E-state index contributed by atoms with van der Waals surface area (Å²) in [5, 5.41) is 14.2. The number of amides is 2. The zero-order valence-electron chi connectivity index (χ0n) is 21.9. The molecule has 2 saturated heterocycles. The molecule has 3 fully saturated rings. The van der Waals surface area contributed by atoms with E-state index in [0.717, 1.165) is 12.0 Å². The van der Waals surface area contributed by atoms with Gasteiger partial charge in [0.1, 0.15) is 5.60 Å². The van der Waals surface area contributed by atoms with E-state index in [1.54, 1.807) is 4.90 Å². The summed E-state index contributed by atoms with van der Waals surface area (Å²) in [6.07, 6.45) is 16.9. The van der Waals surface area contributed by atoms with Crippen LogP contribution in [0.15, 0.2) is 36.4 Å². The molecule has 6 nitrogen and oxygen atoms in total. The molecule has 5 rings (SSSR count). The maximum atomic E-state index is 13.2. The average molecular weight is 494 g/mol. The third kappa shape index (κ3) is 5.40. The van der Waals surface area contributed by atoms with Crippen LogP contribution >= 0.6 is 0 Å². The van der Waals surface area contributed by atoms with Crippen molar-refractivity contribution < 1.29 is 14.7 Å². The fourth-order valence-electron chi connectivity index (χ4n) is 6.64. The van der Waals surface area contributed by atoms with Gasteiger partial charge in [-0.15, -0.1) is 0 Å². The standard InChI is InChI=1S/C30H43N3O3/c1-23-9-14-26(29(31-23)15-7-5-3-2-4-6-8-16-29)24-10-12-25(13-11-24)27(34)32-19-21-33(22-20-32)28(35)30(36)17-18-30/h5,7,10-13,23,26,31,36H,2-4,6,8-9,14-22H2,1H3/b7-5-. The van der Waals surface area contributed by atoms with Crippen molar-refractivity contribution in [2.45, 2.75) is 101 Å². The number of carbonyl (C=O) groups excluding carboxylic acids is 2. The number of hydrogen-bond acceptors (Lipinski definition) is 4. The summed E-state index contributed by atoms with van der Waals surface area (Å²) in [6, 6.07) is 8.91. The van der Waals surface area contributed by atoms with Crippen LogP contribution in [0, 0.1) is 0 Å². The van der Waals surface area contributed by atoms with Crippen molar-refractivity contribution in [3.63, 3.8) is 0 Å². The third-order valence-electron chi connectivity index (χ3n) is 9.02. The summed E-state index contributed by atoms with van der Waals surface area (Å²) in [5.41, 5.74) is 1.02. The molecule has 0 radical (unpaired) electrons. The van der Waals surface area contributed by atoms with Crippen molar-refractivity contribution >= 4 is 11.8 Å². The Labute approximate surface area is 216 Å². The molecule has 1 spiro atoms. The first kappa shape index (κ1) is 25.5. The summed E-state index contributed by atoms with van der Waals surface area (Å²) >= 11 is 0. The maximum Gasteiger partial charge on any atom is 0.254 e. The molecular formula is C30H43N3O3. The lowest BCUT2D eigenvalue weighted by atomic mass is 9.68. The van der Waals surface area contributed by atoms with Gasteiger partial charge in [-0.1, -0.05) is 43.5 Å². The second-order valence-corrected chi connectivity index (χ2v) is 11.7. The van der Waals surface area contributed by atoms with Gasteiger partial charge >= 0.3 is 0 Å². The molecule has 6 heteroatoms. The second kappa shape index (κ2) is 10.7. The lowest BCUT2D eigenvalue weighted by Crippen LogP contribution is -2.56. The highest BCUT2D eigenvalue weighted by molar-refractivity contribution is 5.94. The number of nitrogens with one attached hydrogen (secondary N) is 1. The van der Waals surface area contributed by atoms with Crippen LogP contribution in [0.2, 0.25) is 0 Å². The van der Waals surface area contributed by atoms with E-state index in [-0.39, 0.29) is 17.4 Å². The zero-order chi connectivity index (χ0) is 25.2. The van der Waals surface area contributed by atoms with Gasteiger partial charge in [0, 0.05) is 49.2 Å². The van der Waals surface area contributed by atoms with Crippen molar-refractivity contribution in [2.75, 3.05) is 26.2 Å². The number of aliphatic hydroxyl groups is 1. The lowest BCUT2D eigenvalue weighted by molar-refractivity contribution is -0.143. The Balaban J connectivity index is 1.26. The molecule has 36 heavy (non-hydrogen) atoms. The van der Waals surface area contributed by atoms with Gasteiger partial charge in [-0.05, 0) is 76.0 Å². The first-order valence-electron chi connectivity index (χ1n) is 14.2. The molecule has 1 saturated carbocycles. The monoisotopic (exact) mass is 493 g/mol. The lowest BCUT2D eigenvalue weighted by Gasteiger charge is -2.48. The predicted molar refractivity (Wildman–Crippen MR) is 142 cm³/mol. The van der Waals surface area contributed by atoms with Crippen molar-refractivity contribution in [3.05, 3.63) is 47.5 Å². The molecule has 3 unspecified atom stereocenters. The van der Waals surface area contributed by atoms with Crippen LogP contribution in [0.25, 0.3) is 0 Å². The van der Waals surface area contributed by atoms with Crippen molar-refractivity contribution in [1.29, 1.82) is 0 Å². The summed E-state index contributed by atoms with van der Waals surface area (Å²) in [5.74, 6) is 0.314. The second-order valence-electron chi connectivity index (χ2n) is 11.7. The largest absolute Gasteiger partial charge is 0.380 e. The highest BCUT2D eigenvalue weighted by Crippen LogP contribution is 2.43. The first-order valence-corrected chi connectivity index (χ1v) is 14.2. The molecule has 0 bridgehead atoms. The molecular weight excluding hydrogens is 450 g/mol. The van der Waals surface area contributed by atoms with Crippen molar-refractivity contribution in [1.82, 2.24) is 15.1 Å². The molecule has 2 N–H and O–H groups in total. The molecule has 196 valence electrons. The number of carbonyl (C=O) groups is 2.